The Balaban J connectivity index is 2.22. The smallest absolute Gasteiger partial charge is 0.335 e. The monoisotopic (exact) mass is 307 g/mol. The molecule has 0 radical (unpaired) electrons. The largest absolute Gasteiger partial charge is 0.481 e. The van der Waals surface area contributed by atoms with E-state index in [1.165, 1.54) is 17.0 Å². The SMILES string of the molecule is CCc1ccc(COc2cc(C(=O)O)ccc2[N+](=O)[O-])s1. The molecule has 0 amide bonds. The Hall–Kier alpha value is -2.41. The number of aryl methyl sites for hydroxylation is 1. The third kappa shape index (κ3) is 3.57. The first-order valence-electron chi connectivity index (χ1n) is 6.23. The zero-order valence-corrected chi connectivity index (χ0v) is 12.1. The molecule has 0 spiro atoms. The molecule has 2 aromatic rings. The van der Waals surface area contributed by atoms with Crippen LogP contribution in [0.5, 0.6) is 5.75 Å². The molecular formula is C14H13NO5S. The van der Waals surface area contributed by atoms with Crippen LogP contribution in [0.4, 0.5) is 5.69 Å². The molecule has 21 heavy (non-hydrogen) atoms. The molecule has 1 heterocycles. The first kappa shape index (κ1) is 15.0. The molecule has 0 aliphatic heterocycles. The second-order valence-electron chi connectivity index (χ2n) is 4.26. The van der Waals surface area contributed by atoms with Gasteiger partial charge in [0.25, 0.3) is 0 Å². The second-order valence-corrected chi connectivity index (χ2v) is 5.51. The minimum absolute atomic E-state index is 0.0358. The molecule has 6 nitrogen and oxygen atoms in total. The van der Waals surface area contributed by atoms with Crippen molar-refractivity contribution in [3.05, 3.63) is 55.8 Å². The number of carboxylic acids is 1. The van der Waals surface area contributed by atoms with Gasteiger partial charge in [0, 0.05) is 21.9 Å². The van der Waals surface area contributed by atoms with Gasteiger partial charge in [-0.15, -0.1) is 11.3 Å². The molecule has 0 atom stereocenters. The van der Waals surface area contributed by atoms with E-state index in [0.717, 1.165) is 17.4 Å². The number of thiophene rings is 1. The molecule has 110 valence electrons. The number of nitro benzene ring substituents is 1. The lowest BCUT2D eigenvalue weighted by atomic mass is 10.2. The summed E-state index contributed by atoms with van der Waals surface area (Å²) in [6.07, 6.45) is 0.916. The Labute approximate surface area is 124 Å². The van der Waals surface area contributed by atoms with Gasteiger partial charge in [0.05, 0.1) is 10.5 Å². The van der Waals surface area contributed by atoms with E-state index in [2.05, 4.69) is 0 Å². The van der Waals surface area contributed by atoms with Gasteiger partial charge in [0.15, 0.2) is 5.75 Å². The Kier molecular flexibility index (Phi) is 4.54. The van der Waals surface area contributed by atoms with Crippen LogP contribution in [0.2, 0.25) is 0 Å². The first-order chi connectivity index (χ1) is 10.0. The highest BCUT2D eigenvalue weighted by atomic mass is 32.1. The predicted molar refractivity (Wildman–Crippen MR) is 78.1 cm³/mol. The minimum atomic E-state index is -1.15. The number of nitro groups is 1. The number of ether oxygens (including phenoxy) is 1. The molecule has 0 unspecified atom stereocenters. The van der Waals surface area contributed by atoms with Crippen molar-refractivity contribution in [1.29, 1.82) is 0 Å². The fourth-order valence-electron chi connectivity index (χ4n) is 1.75. The zero-order valence-electron chi connectivity index (χ0n) is 11.2. The van der Waals surface area contributed by atoms with E-state index >= 15 is 0 Å². The van der Waals surface area contributed by atoms with Crippen LogP contribution in [0, 0.1) is 10.1 Å². The molecule has 2 rings (SSSR count). The standard InChI is InChI=1S/C14H13NO5S/c1-2-10-4-5-11(21-10)8-20-13-7-9(14(16)17)3-6-12(13)15(18)19/h3-7H,2,8H2,1H3,(H,16,17). The minimum Gasteiger partial charge on any atom is -0.481 e. The van der Waals surface area contributed by atoms with Crippen molar-refractivity contribution in [2.24, 2.45) is 0 Å². The van der Waals surface area contributed by atoms with Gasteiger partial charge in [-0.05, 0) is 24.6 Å². The first-order valence-corrected chi connectivity index (χ1v) is 7.05. The lowest BCUT2D eigenvalue weighted by Gasteiger charge is -2.06. The lowest BCUT2D eigenvalue weighted by Crippen LogP contribution is -2.02. The van der Waals surface area contributed by atoms with Crippen LogP contribution in [0.1, 0.15) is 27.0 Å². The summed E-state index contributed by atoms with van der Waals surface area (Å²) in [7, 11) is 0. The van der Waals surface area contributed by atoms with E-state index in [1.54, 1.807) is 11.3 Å². The maximum atomic E-state index is 10.9. The maximum absolute atomic E-state index is 10.9. The fourth-order valence-corrected chi connectivity index (χ4v) is 2.62. The topological polar surface area (TPSA) is 89.7 Å². The highest BCUT2D eigenvalue weighted by molar-refractivity contribution is 7.11. The maximum Gasteiger partial charge on any atom is 0.335 e. The summed E-state index contributed by atoms with van der Waals surface area (Å²) in [5, 5.41) is 19.9. The van der Waals surface area contributed by atoms with Gasteiger partial charge in [0.2, 0.25) is 0 Å². The van der Waals surface area contributed by atoms with Gasteiger partial charge in [-0.1, -0.05) is 6.92 Å². The van der Waals surface area contributed by atoms with E-state index in [-0.39, 0.29) is 23.6 Å². The number of nitrogens with zero attached hydrogens (tertiary/aromatic N) is 1. The number of hydrogen-bond acceptors (Lipinski definition) is 5. The van der Waals surface area contributed by atoms with Crippen molar-refractivity contribution < 1.29 is 19.6 Å². The number of carbonyl (C=O) groups is 1. The van der Waals surface area contributed by atoms with Gasteiger partial charge >= 0.3 is 11.7 Å². The molecule has 1 aromatic heterocycles. The highest BCUT2D eigenvalue weighted by Crippen LogP contribution is 2.29. The third-order valence-corrected chi connectivity index (χ3v) is 4.04. The lowest BCUT2D eigenvalue weighted by molar-refractivity contribution is -0.385. The summed E-state index contributed by atoms with van der Waals surface area (Å²) in [6, 6.07) is 7.38. The third-order valence-electron chi connectivity index (χ3n) is 2.84. The van der Waals surface area contributed by atoms with Crippen LogP contribution in [-0.4, -0.2) is 16.0 Å². The summed E-state index contributed by atoms with van der Waals surface area (Å²) in [5.74, 6) is -1.19. The van der Waals surface area contributed by atoms with E-state index in [9.17, 15) is 14.9 Å². The Bertz CT molecular complexity index is 680. The number of hydrogen-bond donors (Lipinski definition) is 1. The number of aromatic carboxylic acids is 1. The molecule has 0 saturated carbocycles. The molecule has 0 aliphatic rings. The van der Waals surface area contributed by atoms with Crippen LogP contribution >= 0.6 is 11.3 Å². The van der Waals surface area contributed by atoms with Gasteiger partial charge in [-0.3, -0.25) is 10.1 Å². The van der Waals surface area contributed by atoms with Crippen molar-refractivity contribution >= 4 is 23.0 Å². The molecule has 1 N–H and O–H groups in total. The average Bonchev–Trinajstić information content (AvgIpc) is 2.92. The average molecular weight is 307 g/mol. The number of carboxylic acid groups (broad SMARTS) is 1. The Morgan fingerprint density at radius 3 is 2.62 bits per heavy atom. The number of benzene rings is 1. The van der Waals surface area contributed by atoms with Crippen molar-refractivity contribution in [3.63, 3.8) is 0 Å². The van der Waals surface area contributed by atoms with Crippen molar-refractivity contribution in [1.82, 2.24) is 0 Å². The molecule has 0 fully saturated rings. The fraction of sp³-hybridized carbons (Fsp3) is 0.214. The van der Waals surface area contributed by atoms with Crippen molar-refractivity contribution in [3.8, 4) is 5.75 Å². The summed E-state index contributed by atoms with van der Waals surface area (Å²) in [4.78, 5) is 23.4. The number of rotatable bonds is 6. The molecular weight excluding hydrogens is 294 g/mol. The second kappa shape index (κ2) is 6.36. The molecule has 0 aliphatic carbocycles. The van der Waals surface area contributed by atoms with Crippen molar-refractivity contribution in [2.45, 2.75) is 20.0 Å². The molecule has 7 heteroatoms. The highest BCUT2D eigenvalue weighted by Gasteiger charge is 2.18. The summed E-state index contributed by atoms with van der Waals surface area (Å²) in [5.41, 5.74) is -0.289. The molecule has 0 bridgehead atoms. The van der Waals surface area contributed by atoms with Crippen molar-refractivity contribution in [2.75, 3.05) is 0 Å². The van der Waals surface area contributed by atoms with E-state index < -0.39 is 10.9 Å². The zero-order chi connectivity index (χ0) is 15.4. The van der Waals surface area contributed by atoms with Gasteiger partial charge in [-0.25, -0.2) is 4.79 Å². The van der Waals surface area contributed by atoms with Crippen LogP contribution < -0.4 is 4.74 Å². The van der Waals surface area contributed by atoms with Gasteiger partial charge < -0.3 is 9.84 Å². The molecule has 1 aromatic carbocycles. The van der Waals surface area contributed by atoms with Crippen LogP contribution in [-0.2, 0) is 13.0 Å². The van der Waals surface area contributed by atoms with Crippen LogP contribution in [0.25, 0.3) is 0 Å². The quantitative estimate of drug-likeness (QED) is 0.651. The predicted octanol–water partition coefficient (Wildman–Crippen LogP) is 3.50. The van der Waals surface area contributed by atoms with Crippen LogP contribution in [0.15, 0.2) is 30.3 Å². The Morgan fingerprint density at radius 2 is 2.05 bits per heavy atom. The normalized spacial score (nSPS) is 10.3. The van der Waals surface area contributed by atoms with Crippen LogP contribution in [0.3, 0.4) is 0 Å². The Morgan fingerprint density at radius 1 is 1.33 bits per heavy atom. The summed E-state index contributed by atoms with van der Waals surface area (Å²) in [6.45, 7) is 2.21. The van der Waals surface area contributed by atoms with E-state index in [4.69, 9.17) is 9.84 Å². The van der Waals surface area contributed by atoms with Gasteiger partial charge in [0.1, 0.15) is 6.61 Å². The summed E-state index contributed by atoms with van der Waals surface area (Å²) >= 11 is 1.57. The molecule has 0 saturated heterocycles. The van der Waals surface area contributed by atoms with Gasteiger partial charge in [-0.2, -0.15) is 0 Å². The van der Waals surface area contributed by atoms with E-state index in [1.807, 2.05) is 19.1 Å². The van der Waals surface area contributed by atoms with E-state index in [0.29, 0.717) is 0 Å². The summed E-state index contributed by atoms with van der Waals surface area (Å²) < 4.78 is 5.44.